The van der Waals surface area contributed by atoms with Gasteiger partial charge < -0.3 is 9.84 Å². The van der Waals surface area contributed by atoms with Crippen molar-refractivity contribution < 1.29 is 14.6 Å². The van der Waals surface area contributed by atoms with Gasteiger partial charge in [-0.2, -0.15) is 0 Å². The molecule has 25 heavy (non-hydrogen) atoms. The molecule has 0 unspecified atom stereocenters. The van der Waals surface area contributed by atoms with Crippen LogP contribution >= 0.6 is 0 Å². The Hall–Kier alpha value is -1.55. The van der Waals surface area contributed by atoms with Gasteiger partial charge in [0.25, 0.3) is 0 Å². The molecule has 0 aromatic heterocycles. The average molecular weight is 345 g/mol. The molecule has 1 aliphatic carbocycles. The van der Waals surface area contributed by atoms with Gasteiger partial charge in [0.1, 0.15) is 5.60 Å². The van der Waals surface area contributed by atoms with Crippen LogP contribution in [0.15, 0.2) is 18.2 Å². The molecule has 2 aliphatic rings. The third-order valence-corrected chi connectivity index (χ3v) is 5.60. The fourth-order valence-electron chi connectivity index (χ4n) is 4.48. The summed E-state index contributed by atoms with van der Waals surface area (Å²) in [7, 11) is 0. The maximum absolute atomic E-state index is 12.9. The van der Waals surface area contributed by atoms with Crippen LogP contribution in [0, 0.1) is 19.8 Å². The van der Waals surface area contributed by atoms with Crippen LogP contribution in [0.25, 0.3) is 0 Å². The number of likely N-dealkylation sites (tertiary alicyclic amines) is 1. The van der Waals surface area contributed by atoms with E-state index in [-0.39, 0.29) is 18.2 Å². The number of aliphatic hydroxyl groups excluding tert-OH is 1. The van der Waals surface area contributed by atoms with Gasteiger partial charge in [-0.15, -0.1) is 0 Å². The third kappa shape index (κ3) is 3.69. The Balaban J connectivity index is 1.90. The SMILES string of the molecule is Cc1ccc(C)c([C@H](O)[C@@H]2C[C@H]3CCC[C@H]3N2C(=O)OC(C)(C)C)c1. The number of hydrogen-bond acceptors (Lipinski definition) is 3. The fraction of sp³-hybridized carbons (Fsp3) is 0.667. The fourth-order valence-corrected chi connectivity index (χ4v) is 4.48. The molecule has 1 saturated heterocycles. The molecule has 4 heteroatoms. The van der Waals surface area contributed by atoms with Gasteiger partial charge >= 0.3 is 6.09 Å². The van der Waals surface area contributed by atoms with E-state index in [1.54, 1.807) is 0 Å². The minimum atomic E-state index is -0.669. The van der Waals surface area contributed by atoms with Crippen LogP contribution in [0.1, 0.15) is 69.2 Å². The zero-order chi connectivity index (χ0) is 18.4. The van der Waals surface area contributed by atoms with Gasteiger partial charge in [-0.1, -0.05) is 30.2 Å². The van der Waals surface area contributed by atoms with Gasteiger partial charge in [0.05, 0.1) is 12.1 Å². The van der Waals surface area contributed by atoms with Gasteiger partial charge in [0, 0.05) is 6.04 Å². The number of aryl methyl sites for hydroxylation is 2. The van der Waals surface area contributed by atoms with Crippen molar-refractivity contribution in [3.8, 4) is 0 Å². The molecule has 2 fully saturated rings. The van der Waals surface area contributed by atoms with Crippen LogP contribution in [0.5, 0.6) is 0 Å². The van der Waals surface area contributed by atoms with Crippen LogP contribution in [0.3, 0.4) is 0 Å². The number of ether oxygens (including phenoxy) is 1. The number of benzene rings is 1. The molecule has 4 atom stereocenters. The van der Waals surface area contributed by atoms with Crippen LogP contribution < -0.4 is 0 Å². The smallest absolute Gasteiger partial charge is 0.410 e. The van der Waals surface area contributed by atoms with Crippen LogP contribution in [-0.4, -0.2) is 33.8 Å². The number of rotatable bonds is 2. The van der Waals surface area contributed by atoms with Gasteiger partial charge in [0.15, 0.2) is 0 Å². The number of amides is 1. The lowest BCUT2D eigenvalue weighted by molar-refractivity contribution is -0.00512. The zero-order valence-electron chi connectivity index (χ0n) is 16.1. The Morgan fingerprint density at radius 1 is 1.28 bits per heavy atom. The molecule has 1 aromatic rings. The molecule has 1 amide bonds. The predicted molar refractivity (Wildman–Crippen MR) is 98.5 cm³/mol. The monoisotopic (exact) mass is 345 g/mol. The summed E-state index contributed by atoms with van der Waals surface area (Å²) in [5.74, 6) is 0.484. The highest BCUT2D eigenvalue weighted by atomic mass is 16.6. The first-order chi connectivity index (χ1) is 11.7. The number of fused-ring (bicyclic) bond motifs is 1. The molecule has 1 heterocycles. The highest BCUT2D eigenvalue weighted by molar-refractivity contribution is 5.70. The van der Waals surface area contributed by atoms with E-state index in [0.717, 1.165) is 42.4 Å². The van der Waals surface area contributed by atoms with Gasteiger partial charge in [-0.25, -0.2) is 4.79 Å². The molecule has 4 nitrogen and oxygen atoms in total. The Kier molecular flexibility index (Phi) is 4.84. The van der Waals surface area contributed by atoms with Gasteiger partial charge in [0.2, 0.25) is 0 Å². The summed E-state index contributed by atoms with van der Waals surface area (Å²) in [5, 5.41) is 11.1. The minimum absolute atomic E-state index is 0.203. The maximum atomic E-state index is 12.9. The van der Waals surface area contributed by atoms with Crippen molar-refractivity contribution in [2.45, 2.75) is 84.1 Å². The number of nitrogens with zero attached hydrogens (tertiary/aromatic N) is 1. The molecule has 0 radical (unpaired) electrons. The molecular weight excluding hydrogens is 314 g/mol. The molecule has 3 rings (SSSR count). The van der Waals surface area contributed by atoms with E-state index in [1.807, 2.05) is 51.7 Å². The van der Waals surface area contributed by atoms with Crippen molar-refractivity contribution in [2.75, 3.05) is 0 Å². The molecular formula is C21H31NO3. The van der Waals surface area contributed by atoms with Crippen molar-refractivity contribution >= 4 is 6.09 Å². The topological polar surface area (TPSA) is 49.8 Å². The summed E-state index contributed by atoms with van der Waals surface area (Å²) in [6.07, 6.45) is 3.22. The quantitative estimate of drug-likeness (QED) is 0.857. The summed E-state index contributed by atoms with van der Waals surface area (Å²) >= 11 is 0. The van der Waals surface area contributed by atoms with E-state index in [4.69, 9.17) is 4.74 Å². The van der Waals surface area contributed by atoms with Crippen molar-refractivity contribution in [3.05, 3.63) is 34.9 Å². The zero-order valence-corrected chi connectivity index (χ0v) is 16.1. The lowest BCUT2D eigenvalue weighted by Crippen LogP contribution is -2.46. The van der Waals surface area contributed by atoms with E-state index in [9.17, 15) is 9.90 Å². The van der Waals surface area contributed by atoms with E-state index in [2.05, 4.69) is 6.07 Å². The highest BCUT2D eigenvalue weighted by Gasteiger charge is 2.49. The maximum Gasteiger partial charge on any atom is 0.410 e. The summed E-state index contributed by atoms with van der Waals surface area (Å²) in [6.45, 7) is 9.73. The third-order valence-electron chi connectivity index (χ3n) is 5.60. The summed E-state index contributed by atoms with van der Waals surface area (Å²) in [6, 6.07) is 6.15. The van der Waals surface area contributed by atoms with Gasteiger partial charge in [-0.05, 0) is 70.9 Å². The summed E-state index contributed by atoms with van der Waals surface area (Å²) < 4.78 is 5.68. The standard InChI is InChI=1S/C21H31NO3/c1-13-9-10-14(2)16(11-13)19(23)18-12-15-7-6-8-17(15)22(18)20(24)25-21(3,4)5/h9-11,15,17-19,23H,6-8,12H2,1-5H3/t15-,17-,18+,19+/m1/s1. The highest BCUT2D eigenvalue weighted by Crippen LogP contribution is 2.45. The minimum Gasteiger partial charge on any atom is -0.444 e. The van der Waals surface area contributed by atoms with E-state index < -0.39 is 11.7 Å². The Morgan fingerprint density at radius 2 is 2.00 bits per heavy atom. The van der Waals surface area contributed by atoms with Crippen LogP contribution in [-0.2, 0) is 4.74 Å². The number of aliphatic hydroxyl groups is 1. The second-order valence-corrected chi connectivity index (χ2v) is 8.75. The first kappa shape index (κ1) is 18.2. The molecule has 1 N–H and O–H groups in total. The van der Waals surface area contributed by atoms with Crippen molar-refractivity contribution in [1.82, 2.24) is 4.90 Å². The molecule has 1 aliphatic heterocycles. The van der Waals surface area contributed by atoms with Crippen molar-refractivity contribution in [3.63, 3.8) is 0 Å². The Bertz CT molecular complexity index is 649. The van der Waals surface area contributed by atoms with Crippen molar-refractivity contribution in [1.29, 1.82) is 0 Å². The predicted octanol–water partition coefficient (Wildman–Crippen LogP) is 4.51. The second kappa shape index (κ2) is 6.64. The molecule has 0 bridgehead atoms. The lowest BCUT2D eigenvalue weighted by atomic mass is 9.92. The molecule has 0 spiro atoms. The molecule has 1 saturated carbocycles. The summed E-state index contributed by atoms with van der Waals surface area (Å²) in [4.78, 5) is 14.8. The van der Waals surface area contributed by atoms with Gasteiger partial charge in [-0.3, -0.25) is 4.90 Å². The van der Waals surface area contributed by atoms with E-state index in [1.165, 1.54) is 0 Å². The number of carbonyl (C=O) groups excluding carboxylic acids is 1. The number of hydrogen-bond donors (Lipinski definition) is 1. The Morgan fingerprint density at radius 3 is 2.68 bits per heavy atom. The first-order valence-electron chi connectivity index (χ1n) is 9.44. The molecule has 138 valence electrons. The number of carbonyl (C=O) groups is 1. The van der Waals surface area contributed by atoms with E-state index in [0.29, 0.717) is 5.92 Å². The molecule has 1 aromatic carbocycles. The first-order valence-corrected chi connectivity index (χ1v) is 9.44. The lowest BCUT2D eigenvalue weighted by Gasteiger charge is -2.34. The Labute approximate surface area is 151 Å². The summed E-state index contributed by atoms with van der Waals surface area (Å²) in [5.41, 5.74) is 2.60. The van der Waals surface area contributed by atoms with Crippen LogP contribution in [0.2, 0.25) is 0 Å². The van der Waals surface area contributed by atoms with E-state index >= 15 is 0 Å². The average Bonchev–Trinajstić information content (AvgIpc) is 3.07. The largest absolute Gasteiger partial charge is 0.444 e. The second-order valence-electron chi connectivity index (χ2n) is 8.75. The normalized spacial score (nSPS) is 27.3. The van der Waals surface area contributed by atoms with Crippen LogP contribution in [0.4, 0.5) is 4.79 Å². The van der Waals surface area contributed by atoms with Crippen molar-refractivity contribution in [2.24, 2.45) is 5.92 Å².